The van der Waals surface area contributed by atoms with Crippen molar-refractivity contribution < 1.29 is 17.9 Å². The van der Waals surface area contributed by atoms with E-state index in [0.717, 1.165) is 5.56 Å². The molecule has 1 unspecified atom stereocenters. The van der Waals surface area contributed by atoms with E-state index in [-0.39, 0.29) is 10.8 Å². The van der Waals surface area contributed by atoms with Crippen LogP contribution in [0.15, 0.2) is 35.7 Å². The van der Waals surface area contributed by atoms with Gasteiger partial charge < -0.3 is 4.74 Å². The van der Waals surface area contributed by atoms with Gasteiger partial charge in [-0.05, 0) is 44.4 Å². The van der Waals surface area contributed by atoms with Gasteiger partial charge >= 0.3 is 5.97 Å². The number of rotatable bonds is 6. The fraction of sp³-hybridized carbons (Fsp3) is 0.471. The van der Waals surface area contributed by atoms with E-state index < -0.39 is 27.6 Å². The van der Waals surface area contributed by atoms with Crippen molar-refractivity contribution >= 4 is 22.1 Å². The van der Waals surface area contributed by atoms with Crippen LogP contribution in [-0.2, 0) is 19.6 Å². The number of carbonyl (C=O) groups is 1. The Morgan fingerprint density at radius 2 is 1.74 bits per heavy atom. The van der Waals surface area contributed by atoms with E-state index in [1.165, 1.54) is 12.1 Å². The van der Waals surface area contributed by atoms with Crippen LogP contribution in [0.3, 0.4) is 0 Å². The lowest BCUT2D eigenvalue weighted by Crippen LogP contribution is -2.47. The predicted molar refractivity (Wildman–Crippen MR) is 91.3 cm³/mol. The van der Waals surface area contributed by atoms with Crippen LogP contribution >= 0.6 is 0 Å². The van der Waals surface area contributed by atoms with E-state index in [0.29, 0.717) is 0 Å². The Kier molecular flexibility index (Phi) is 6.13. The molecular formula is C17H25NO4S. The van der Waals surface area contributed by atoms with Crippen LogP contribution in [0.1, 0.15) is 40.2 Å². The van der Waals surface area contributed by atoms with Gasteiger partial charge in [-0.1, -0.05) is 38.6 Å². The Bertz CT molecular complexity index is 655. The number of nitrogens with one attached hydrogen (secondary N) is 1. The Labute approximate surface area is 138 Å². The summed E-state index contributed by atoms with van der Waals surface area (Å²) in [6.45, 7) is 12.4. The lowest BCUT2D eigenvalue weighted by Gasteiger charge is -2.26. The number of benzene rings is 1. The summed E-state index contributed by atoms with van der Waals surface area (Å²) in [6.07, 6.45) is 1.63. The molecule has 0 radical (unpaired) electrons. The van der Waals surface area contributed by atoms with Gasteiger partial charge in [0.2, 0.25) is 10.0 Å². The minimum absolute atomic E-state index is 0.0947. The Hall–Kier alpha value is -1.66. The average Bonchev–Trinajstić information content (AvgIpc) is 2.42. The van der Waals surface area contributed by atoms with Crippen molar-refractivity contribution in [3.63, 3.8) is 0 Å². The van der Waals surface area contributed by atoms with Crippen molar-refractivity contribution in [3.05, 3.63) is 36.4 Å². The molecule has 0 bridgehead atoms. The molecule has 128 valence electrons. The largest absolute Gasteiger partial charge is 0.459 e. The standard InChI is InChI=1S/C17H25NO4S/c1-7-13-8-10-14(11-9-13)23(20,21)18-15(12(2)3)16(19)22-17(4,5)6/h7-12,15,18H,1H2,2-6H3. The molecule has 0 aliphatic heterocycles. The zero-order valence-electron chi connectivity index (χ0n) is 14.3. The maximum atomic E-state index is 12.5. The van der Waals surface area contributed by atoms with Gasteiger partial charge in [0.1, 0.15) is 11.6 Å². The molecule has 23 heavy (non-hydrogen) atoms. The fourth-order valence-electron chi connectivity index (χ4n) is 1.84. The van der Waals surface area contributed by atoms with Crippen LogP contribution in [0.25, 0.3) is 6.08 Å². The molecule has 0 aliphatic carbocycles. The van der Waals surface area contributed by atoms with Crippen molar-refractivity contribution in [3.8, 4) is 0 Å². The van der Waals surface area contributed by atoms with E-state index in [2.05, 4.69) is 11.3 Å². The van der Waals surface area contributed by atoms with E-state index in [1.54, 1.807) is 52.8 Å². The third-order valence-corrected chi connectivity index (χ3v) is 4.49. The molecule has 0 spiro atoms. The quantitative estimate of drug-likeness (QED) is 0.809. The van der Waals surface area contributed by atoms with Crippen molar-refractivity contribution in [1.82, 2.24) is 4.72 Å². The first-order valence-corrected chi connectivity index (χ1v) is 8.92. The minimum Gasteiger partial charge on any atom is -0.459 e. The molecule has 0 fully saturated rings. The van der Waals surface area contributed by atoms with Gasteiger partial charge in [-0.15, -0.1) is 0 Å². The average molecular weight is 339 g/mol. The summed E-state index contributed by atoms with van der Waals surface area (Å²) in [5.41, 5.74) is 0.137. The number of hydrogen-bond donors (Lipinski definition) is 1. The highest BCUT2D eigenvalue weighted by molar-refractivity contribution is 7.89. The number of carbonyl (C=O) groups excluding carboxylic acids is 1. The van der Waals surface area contributed by atoms with Gasteiger partial charge in [0, 0.05) is 0 Å². The SMILES string of the molecule is C=Cc1ccc(S(=O)(=O)NC(C(=O)OC(C)(C)C)C(C)C)cc1. The lowest BCUT2D eigenvalue weighted by atomic mass is 10.1. The van der Waals surface area contributed by atoms with Gasteiger partial charge in [-0.25, -0.2) is 8.42 Å². The highest BCUT2D eigenvalue weighted by Gasteiger charge is 2.32. The van der Waals surface area contributed by atoms with Gasteiger partial charge in [-0.2, -0.15) is 4.72 Å². The Morgan fingerprint density at radius 1 is 1.22 bits per heavy atom. The summed E-state index contributed by atoms with van der Waals surface area (Å²) in [7, 11) is -3.82. The molecule has 5 nitrogen and oxygen atoms in total. The van der Waals surface area contributed by atoms with Crippen LogP contribution in [0, 0.1) is 5.92 Å². The Morgan fingerprint density at radius 3 is 2.13 bits per heavy atom. The monoisotopic (exact) mass is 339 g/mol. The van der Waals surface area contributed by atoms with E-state index in [9.17, 15) is 13.2 Å². The highest BCUT2D eigenvalue weighted by atomic mass is 32.2. The molecular weight excluding hydrogens is 314 g/mol. The molecule has 0 aliphatic rings. The molecule has 0 saturated heterocycles. The number of sulfonamides is 1. The fourth-order valence-corrected chi connectivity index (χ4v) is 3.17. The van der Waals surface area contributed by atoms with Crippen molar-refractivity contribution in [2.45, 2.75) is 51.2 Å². The van der Waals surface area contributed by atoms with Gasteiger partial charge in [0.25, 0.3) is 0 Å². The van der Waals surface area contributed by atoms with Gasteiger partial charge in [0.05, 0.1) is 4.90 Å². The molecule has 1 aromatic carbocycles. The number of ether oxygens (including phenoxy) is 1. The molecule has 1 atom stereocenters. The molecule has 1 N–H and O–H groups in total. The first-order valence-electron chi connectivity index (χ1n) is 7.44. The minimum atomic E-state index is -3.82. The number of esters is 1. The highest BCUT2D eigenvalue weighted by Crippen LogP contribution is 2.16. The molecule has 6 heteroatoms. The van der Waals surface area contributed by atoms with Gasteiger partial charge in [0.15, 0.2) is 0 Å². The summed E-state index contributed by atoms with van der Waals surface area (Å²) in [6, 6.07) is 5.31. The van der Waals surface area contributed by atoms with Gasteiger partial charge in [-0.3, -0.25) is 4.79 Å². The van der Waals surface area contributed by atoms with Crippen molar-refractivity contribution in [1.29, 1.82) is 0 Å². The molecule has 0 heterocycles. The Balaban J connectivity index is 3.02. The number of hydrogen-bond acceptors (Lipinski definition) is 4. The van der Waals surface area contributed by atoms with Crippen LogP contribution in [-0.4, -0.2) is 26.0 Å². The third-order valence-electron chi connectivity index (χ3n) is 3.04. The lowest BCUT2D eigenvalue weighted by molar-refractivity contribution is -0.158. The molecule has 1 rings (SSSR count). The van der Waals surface area contributed by atoms with Crippen molar-refractivity contribution in [2.24, 2.45) is 5.92 Å². The molecule has 1 aromatic rings. The van der Waals surface area contributed by atoms with E-state index in [4.69, 9.17) is 4.74 Å². The first-order chi connectivity index (χ1) is 10.5. The zero-order chi connectivity index (χ0) is 17.8. The summed E-state index contributed by atoms with van der Waals surface area (Å²) < 4.78 is 32.7. The maximum absolute atomic E-state index is 12.5. The summed E-state index contributed by atoms with van der Waals surface area (Å²) in [5.74, 6) is -0.828. The summed E-state index contributed by atoms with van der Waals surface area (Å²) >= 11 is 0. The van der Waals surface area contributed by atoms with E-state index >= 15 is 0 Å². The van der Waals surface area contributed by atoms with E-state index in [1.807, 2.05) is 0 Å². The van der Waals surface area contributed by atoms with Crippen LogP contribution in [0.2, 0.25) is 0 Å². The maximum Gasteiger partial charge on any atom is 0.324 e. The third kappa shape index (κ3) is 5.80. The summed E-state index contributed by atoms with van der Waals surface area (Å²) in [4.78, 5) is 12.3. The normalized spacial score (nSPS) is 13.7. The van der Waals surface area contributed by atoms with Crippen LogP contribution < -0.4 is 4.72 Å². The molecule has 0 amide bonds. The second-order valence-corrected chi connectivity index (χ2v) is 8.36. The second kappa shape index (κ2) is 7.27. The topological polar surface area (TPSA) is 72.5 Å². The summed E-state index contributed by atoms with van der Waals surface area (Å²) in [5, 5.41) is 0. The van der Waals surface area contributed by atoms with Crippen LogP contribution in [0.4, 0.5) is 0 Å². The smallest absolute Gasteiger partial charge is 0.324 e. The molecule has 0 saturated carbocycles. The van der Waals surface area contributed by atoms with Crippen molar-refractivity contribution in [2.75, 3.05) is 0 Å². The second-order valence-electron chi connectivity index (χ2n) is 6.65. The molecule has 0 aromatic heterocycles. The predicted octanol–water partition coefficient (Wildman–Crippen LogP) is 2.97. The van der Waals surface area contributed by atoms with Crippen LogP contribution in [0.5, 0.6) is 0 Å². The first kappa shape index (κ1) is 19.4. The zero-order valence-corrected chi connectivity index (χ0v) is 15.1.